The number of furan rings is 1. The van der Waals surface area contributed by atoms with Crippen molar-refractivity contribution in [2.45, 2.75) is 32.6 Å². The Morgan fingerprint density at radius 1 is 1.07 bits per heavy atom. The maximum Gasteiger partial charge on any atom is 0.287 e. The lowest BCUT2D eigenvalue weighted by molar-refractivity contribution is 0.0926. The van der Waals surface area contributed by atoms with Gasteiger partial charge in [-0.15, -0.1) is 0 Å². The number of aliphatic imine (C=N–C) groups is 1. The number of hydrogen-bond donors (Lipinski definition) is 3. The van der Waals surface area contributed by atoms with E-state index in [4.69, 9.17) is 4.42 Å². The van der Waals surface area contributed by atoms with Crippen LogP contribution in [-0.4, -0.2) is 38.5 Å². The molecule has 0 bridgehead atoms. The average Bonchev–Trinajstić information content (AvgIpc) is 3.22. The van der Waals surface area contributed by atoms with E-state index in [-0.39, 0.29) is 11.3 Å². The molecule has 146 valence electrons. The van der Waals surface area contributed by atoms with Gasteiger partial charge in [0.2, 0.25) is 0 Å². The Morgan fingerprint density at radius 3 is 2.37 bits per heavy atom. The molecule has 0 fully saturated rings. The molecule has 0 aliphatic carbocycles. The topological polar surface area (TPSA) is 78.7 Å². The number of aryl methyl sites for hydroxylation is 1. The molecule has 6 heteroatoms. The second-order valence-electron chi connectivity index (χ2n) is 7.02. The maximum absolute atomic E-state index is 11.8. The van der Waals surface area contributed by atoms with E-state index in [1.165, 1.54) is 17.4 Å². The van der Waals surface area contributed by atoms with Crippen molar-refractivity contribution < 1.29 is 9.21 Å². The van der Waals surface area contributed by atoms with Crippen LogP contribution < -0.4 is 16.0 Å². The highest BCUT2D eigenvalue weighted by atomic mass is 16.3. The van der Waals surface area contributed by atoms with Crippen LogP contribution in [0.1, 0.15) is 42.5 Å². The first-order valence-electron chi connectivity index (χ1n) is 9.32. The fourth-order valence-electron chi connectivity index (χ4n) is 2.67. The van der Waals surface area contributed by atoms with Gasteiger partial charge in [-0.05, 0) is 29.7 Å². The Hall–Kier alpha value is -2.76. The first-order chi connectivity index (χ1) is 13.0. The Kier molecular flexibility index (Phi) is 7.46. The van der Waals surface area contributed by atoms with Crippen molar-refractivity contribution in [1.29, 1.82) is 0 Å². The zero-order valence-electron chi connectivity index (χ0n) is 16.6. The third-order valence-electron chi connectivity index (χ3n) is 4.51. The number of carbonyl (C=O) groups excluding carboxylic acids is 1. The minimum atomic E-state index is -0.221. The van der Waals surface area contributed by atoms with E-state index >= 15 is 0 Å². The molecule has 3 N–H and O–H groups in total. The summed E-state index contributed by atoms with van der Waals surface area (Å²) < 4.78 is 5.06. The molecular formula is C21H30N4O2. The molecule has 0 aliphatic rings. The molecule has 1 amide bonds. The molecule has 1 aromatic heterocycles. The Morgan fingerprint density at radius 2 is 1.78 bits per heavy atom. The number of carbonyl (C=O) groups is 1. The highest BCUT2D eigenvalue weighted by Crippen LogP contribution is 2.22. The summed E-state index contributed by atoms with van der Waals surface area (Å²) in [4.78, 5) is 16.0. The molecule has 1 aromatic carbocycles. The van der Waals surface area contributed by atoms with Crippen LogP contribution in [0.5, 0.6) is 0 Å². The van der Waals surface area contributed by atoms with E-state index in [1.807, 2.05) is 0 Å². The Labute approximate surface area is 161 Å². The molecule has 27 heavy (non-hydrogen) atoms. The zero-order valence-corrected chi connectivity index (χ0v) is 16.6. The van der Waals surface area contributed by atoms with Crippen molar-refractivity contribution in [3.63, 3.8) is 0 Å². The molecule has 0 aliphatic heterocycles. The van der Waals surface area contributed by atoms with Gasteiger partial charge in [0, 0.05) is 32.1 Å². The van der Waals surface area contributed by atoms with Gasteiger partial charge in [0.15, 0.2) is 11.7 Å². The number of guanidine groups is 1. The first-order valence-corrected chi connectivity index (χ1v) is 9.32. The molecule has 1 heterocycles. The largest absolute Gasteiger partial charge is 0.459 e. The number of nitrogens with one attached hydrogen (secondary N) is 3. The van der Waals surface area contributed by atoms with Gasteiger partial charge in [0.25, 0.3) is 5.91 Å². The Bertz CT molecular complexity index is 734. The summed E-state index contributed by atoms with van der Waals surface area (Å²) in [5.74, 6) is 0.801. The molecule has 0 atom stereocenters. The molecular weight excluding hydrogens is 340 g/mol. The first kappa shape index (κ1) is 20.6. The third kappa shape index (κ3) is 6.16. The summed E-state index contributed by atoms with van der Waals surface area (Å²) in [6.07, 6.45) is 2.53. The van der Waals surface area contributed by atoms with Gasteiger partial charge in [-0.1, -0.05) is 45.0 Å². The van der Waals surface area contributed by atoms with E-state index in [1.54, 1.807) is 19.2 Å². The summed E-state index contributed by atoms with van der Waals surface area (Å²) in [6.45, 7) is 8.36. The van der Waals surface area contributed by atoms with Gasteiger partial charge in [-0.25, -0.2) is 0 Å². The van der Waals surface area contributed by atoms with E-state index in [2.05, 4.69) is 66.0 Å². The van der Waals surface area contributed by atoms with Crippen molar-refractivity contribution in [3.05, 3.63) is 59.5 Å². The van der Waals surface area contributed by atoms with E-state index in [0.717, 1.165) is 13.0 Å². The van der Waals surface area contributed by atoms with Crippen LogP contribution in [0.15, 0.2) is 52.1 Å². The fourth-order valence-corrected chi connectivity index (χ4v) is 2.67. The predicted molar refractivity (Wildman–Crippen MR) is 109 cm³/mol. The highest BCUT2D eigenvalue weighted by Gasteiger charge is 2.20. The van der Waals surface area contributed by atoms with Crippen molar-refractivity contribution in [1.82, 2.24) is 16.0 Å². The van der Waals surface area contributed by atoms with Gasteiger partial charge >= 0.3 is 0 Å². The predicted octanol–water partition coefficient (Wildman–Crippen LogP) is 2.71. The molecule has 0 unspecified atom stereocenters. The van der Waals surface area contributed by atoms with Crippen molar-refractivity contribution in [2.75, 3.05) is 26.7 Å². The normalized spacial score (nSPS) is 11.9. The van der Waals surface area contributed by atoms with Crippen molar-refractivity contribution in [2.24, 2.45) is 4.99 Å². The summed E-state index contributed by atoms with van der Waals surface area (Å²) in [5, 5.41) is 9.36. The van der Waals surface area contributed by atoms with Crippen LogP contribution in [0.3, 0.4) is 0 Å². The molecule has 6 nitrogen and oxygen atoms in total. The number of rotatable bonds is 8. The molecule has 2 aromatic rings. The smallest absolute Gasteiger partial charge is 0.287 e. The van der Waals surface area contributed by atoms with E-state index in [9.17, 15) is 4.79 Å². The van der Waals surface area contributed by atoms with Crippen molar-refractivity contribution in [3.8, 4) is 0 Å². The molecule has 2 rings (SSSR count). The number of nitrogens with zero attached hydrogens (tertiary/aromatic N) is 1. The fraction of sp³-hybridized carbons (Fsp3) is 0.429. The van der Waals surface area contributed by atoms with Crippen LogP contribution in [-0.2, 0) is 11.8 Å². The third-order valence-corrected chi connectivity index (χ3v) is 4.51. The lowest BCUT2D eigenvalue weighted by atomic mass is 9.84. The second-order valence-corrected chi connectivity index (χ2v) is 7.02. The van der Waals surface area contributed by atoms with E-state index in [0.29, 0.717) is 24.8 Å². The number of benzene rings is 1. The lowest BCUT2D eigenvalue weighted by Crippen LogP contribution is -2.45. The van der Waals surface area contributed by atoms with Gasteiger partial charge in [0.1, 0.15) is 0 Å². The SMILES string of the molecule is CCc1ccc(C(C)(C)CNC(=NC)NCCNC(=O)c2ccco2)cc1. The number of amides is 1. The summed E-state index contributed by atoms with van der Waals surface area (Å²) in [5.41, 5.74) is 2.60. The number of hydrogen-bond acceptors (Lipinski definition) is 3. The molecule has 0 saturated heterocycles. The van der Waals surface area contributed by atoms with Crippen LogP contribution in [0.2, 0.25) is 0 Å². The van der Waals surface area contributed by atoms with Crippen LogP contribution in [0, 0.1) is 0 Å². The van der Waals surface area contributed by atoms with E-state index < -0.39 is 0 Å². The van der Waals surface area contributed by atoms with Gasteiger partial charge in [-0.3, -0.25) is 9.79 Å². The van der Waals surface area contributed by atoms with Gasteiger partial charge < -0.3 is 20.4 Å². The minimum Gasteiger partial charge on any atom is -0.459 e. The quantitative estimate of drug-likeness (QED) is 0.379. The summed E-state index contributed by atoms with van der Waals surface area (Å²) in [7, 11) is 1.74. The maximum atomic E-state index is 11.8. The van der Waals surface area contributed by atoms with Gasteiger partial charge in [0.05, 0.1) is 6.26 Å². The van der Waals surface area contributed by atoms with Crippen LogP contribution >= 0.6 is 0 Å². The molecule has 0 spiro atoms. The standard InChI is InChI=1S/C21H30N4O2/c1-5-16-8-10-17(11-9-16)21(2,3)15-25-20(22-4)24-13-12-23-19(26)18-7-6-14-27-18/h6-11,14H,5,12-13,15H2,1-4H3,(H,23,26)(H2,22,24,25). The second kappa shape index (κ2) is 9.80. The molecule has 0 saturated carbocycles. The monoisotopic (exact) mass is 370 g/mol. The molecule has 0 radical (unpaired) electrons. The average molecular weight is 370 g/mol. The van der Waals surface area contributed by atoms with Crippen LogP contribution in [0.25, 0.3) is 0 Å². The summed E-state index contributed by atoms with van der Waals surface area (Å²) in [6, 6.07) is 12.1. The van der Waals surface area contributed by atoms with Crippen LogP contribution in [0.4, 0.5) is 0 Å². The van der Waals surface area contributed by atoms with Crippen molar-refractivity contribution >= 4 is 11.9 Å². The highest BCUT2D eigenvalue weighted by molar-refractivity contribution is 5.91. The van der Waals surface area contributed by atoms with Gasteiger partial charge in [-0.2, -0.15) is 0 Å². The minimum absolute atomic E-state index is 0.0304. The Balaban J connectivity index is 1.76. The zero-order chi connectivity index (χ0) is 19.7. The lowest BCUT2D eigenvalue weighted by Gasteiger charge is -2.27. The summed E-state index contributed by atoms with van der Waals surface area (Å²) >= 11 is 0.